The smallest absolute Gasteiger partial charge is 0.163 e. The van der Waals surface area contributed by atoms with E-state index < -0.39 is 9.84 Å². The molecule has 3 aliphatic rings. The molecule has 4 heteroatoms. The highest BCUT2D eigenvalue weighted by atomic mass is 32.2. The molecule has 0 bridgehead atoms. The summed E-state index contributed by atoms with van der Waals surface area (Å²) in [5, 5.41) is 0. The van der Waals surface area contributed by atoms with Crippen LogP contribution < -0.4 is 0 Å². The lowest BCUT2D eigenvalue weighted by Gasteiger charge is -2.24. The van der Waals surface area contributed by atoms with Gasteiger partial charge < -0.3 is 4.90 Å². The monoisotopic (exact) mass is 215 g/mol. The van der Waals surface area contributed by atoms with Gasteiger partial charge >= 0.3 is 0 Å². The van der Waals surface area contributed by atoms with Crippen LogP contribution in [0.2, 0.25) is 0 Å². The Balaban J connectivity index is 2.08. The zero-order chi connectivity index (χ0) is 10.2. The van der Waals surface area contributed by atoms with Crippen LogP contribution in [-0.4, -0.2) is 42.9 Å². The number of hydrogen-bond donors (Lipinski definition) is 0. The number of sulfone groups is 1. The average molecular weight is 215 g/mol. The first kappa shape index (κ1) is 9.16. The van der Waals surface area contributed by atoms with Gasteiger partial charge in [0.1, 0.15) is 0 Å². The summed E-state index contributed by atoms with van der Waals surface area (Å²) in [6.45, 7) is 0. The van der Waals surface area contributed by atoms with Crippen LogP contribution in [0.5, 0.6) is 0 Å². The minimum absolute atomic E-state index is 0.279. The van der Waals surface area contributed by atoms with Gasteiger partial charge in [0.15, 0.2) is 9.84 Å². The van der Waals surface area contributed by atoms with E-state index in [2.05, 4.69) is 4.90 Å². The van der Waals surface area contributed by atoms with Gasteiger partial charge in [0.05, 0.1) is 9.49 Å². The molecule has 3 rings (SSSR count). The third kappa shape index (κ3) is 0.770. The molecular formula is C10H17NO2S. The lowest BCUT2D eigenvalue weighted by Crippen LogP contribution is -2.39. The quantitative estimate of drug-likeness (QED) is 0.649. The van der Waals surface area contributed by atoms with E-state index in [1.807, 2.05) is 14.1 Å². The van der Waals surface area contributed by atoms with Crippen LogP contribution in [0.1, 0.15) is 32.1 Å². The molecule has 2 spiro atoms. The molecule has 1 atom stereocenters. The van der Waals surface area contributed by atoms with Crippen molar-refractivity contribution in [2.75, 3.05) is 14.1 Å². The molecule has 3 fully saturated rings. The molecule has 80 valence electrons. The van der Waals surface area contributed by atoms with Crippen molar-refractivity contribution < 1.29 is 8.42 Å². The van der Waals surface area contributed by atoms with Crippen molar-refractivity contribution in [1.82, 2.24) is 4.90 Å². The highest BCUT2D eigenvalue weighted by Crippen LogP contribution is 2.66. The lowest BCUT2D eigenvalue weighted by molar-refractivity contribution is 0.272. The van der Waals surface area contributed by atoms with Gasteiger partial charge in [-0.3, -0.25) is 0 Å². The topological polar surface area (TPSA) is 37.4 Å². The Kier molecular flexibility index (Phi) is 1.43. The first-order valence-electron chi connectivity index (χ1n) is 5.36. The first-order valence-corrected chi connectivity index (χ1v) is 6.84. The molecule has 0 aromatic carbocycles. The van der Waals surface area contributed by atoms with Crippen molar-refractivity contribution in [3.63, 3.8) is 0 Å². The van der Waals surface area contributed by atoms with Crippen molar-refractivity contribution in [2.45, 2.75) is 47.6 Å². The van der Waals surface area contributed by atoms with Crippen molar-refractivity contribution in [3.05, 3.63) is 0 Å². The number of nitrogens with zero attached hydrogens (tertiary/aromatic N) is 1. The molecule has 0 N–H and O–H groups in total. The van der Waals surface area contributed by atoms with Crippen LogP contribution in [0.3, 0.4) is 0 Å². The van der Waals surface area contributed by atoms with Crippen LogP contribution in [-0.2, 0) is 9.84 Å². The van der Waals surface area contributed by atoms with E-state index in [1.165, 1.54) is 0 Å². The third-order valence-electron chi connectivity index (χ3n) is 4.45. The van der Waals surface area contributed by atoms with Crippen LogP contribution in [0, 0.1) is 0 Å². The molecule has 0 radical (unpaired) electrons. The number of hydrogen-bond acceptors (Lipinski definition) is 3. The van der Waals surface area contributed by atoms with Gasteiger partial charge in [0.2, 0.25) is 0 Å². The van der Waals surface area contributed by atoms with E-state index in [9.17, 15) is 8.42 Å². The van der Waals surface area contributed by atoms with Crippen LogP contribution in [0.4, 0.5) is 0 Å². The summed E-state index contributed by atoms with van der Waals surface area (Å²) >= 11 is 0. The molecule has 14 heavy (non-hydrogen) atoms. The Morgan fingerprint density at radius 1 is 1.14 bits per heavy atom. The van der Waals surface area contributed by atoms with Gasteiger partial charge in [-0.05, 0) is 46.2 Å². The maximum atomic E-state index is 12.3. The fraction of sp³-hybridized carbons (Fsp3) is 1.00. The first-order chi connectivity index (χ1) is 6.45. The van der Waals surface area contributed by atoms with Gasteiger partial charge in [0.25, 0.3) is 0 Å². The molecular weight excluding hydrogens is 198 g/mol. The summed E-state index contributed by atoms with van der Waals surface area (Å²) in [5.41, 5.74) is 0. The van der Waals surface area contributed by atoms with Crippen LogP contribution >= 0.6 is 0 Å². The summed E-state index contributed by atoms with van der Waals surface area (Å²) in [6.07, 6.45) is 4.53. The predicted molar refractivity (Wildman–Crippen MR) is 54.9 cm³/mol. The highest BCUT2D eigenvalue weighted by Gasteiger charge is 2.76. The second-order valence-electron chi connectivity index (χ2n) is 5.43. The fourth-order valence-electron chi connectivity index (χ4n) is 3.25. The van der Waals surface area contributed by atoms with E-state index in [-0.39, 0.29) is 15.5 Å². The molecule has 0 aromatic rings. The summed E-state index contributed by atoms with van der Waals surface area (Å²) in [4.78, 5) is 2.12. The molecule has 0 aromatic heterocycles. The predicted octanol–water partition coefficient (Wildman–Crippen LogP) is 0.800. The summed E-state index contributed by atoms with van der Waals surface area (Å²) in [5.74, 6) is 0. The van der Waals surface area contributed by atoms with Crippen molar-refractivity contribution >= 4 is 9.84 Å². The fourth-order valence-corrected chi connectivity index (χ4v) is 6.42. The summed E-state index contributed by atoms with van der Waals surface area (Å²) in [7, 11) is 1.21. The Hall–Kier alpha value is -0.0900. The zero-order valence-corrected chi connectivity index (χ0v) is 9.60. The second-order valence-corrected chi connectivity index (χ2v) is 8.12. The van der Waals surface area contributed by atoms with Gasteiger partial charge in [-0.25, -0.2) is 8.42 Å². The van der Waals surface area contributed by atoms with Gasteiger partial charge in [0, 0.05) is 6.04 Å². The normalized spacial score (nSPS) is 39.5. The molecule has 2 saturated carbocycles. The van der Waals surface area contributed by atoms with Crippen molar-refractivity contribution in [1.29, 1.82) is 0 Å². The number of rotatable bonds is 1. The second kappa shape index (κ2) is 2.19. The molecule has 2 aliphatic carbocycles. The third-order valence-corrected chi connectivity index (χ3v) is 7.92. The minimum Gasteiger partial charge on any atom is -0.305 e. The maximum Gasteiger partial charge on any atom is 0.163 e. The Bertz CT molecular complexity index is 377. The van der Waals surface area contributed by atoms with Crippen molar-refractivity contribution in [3.8, 4) is 0 Å². The molecule has 3 nitrogen and oxygen atoms in total. The highest BCUT2D eigenvalue weighted by molar-refractivity contribution is 7.95. The standard InChI is InChI=1S/C10H17NO2S/c1-11(2)8-7-9(3-4-9)14(12,13)10(8)5-6-10/h8H,3-7H2,1-2H3. The van der Waals surface area contributed by atoms with E-state index in [0.717, 1.165) is 32.1 Å². The Labute approximate surface area is 85.4 Å². The SMILES string of the molecule is CN(C)C1CC2(CC2)S(=O)(=O)C12CC2. The van der Waals surface area contributed by atoms with E-state index >= 15 is 0 Å². The van der Waals surface area contributed by atoms with Gasteiger partial charge in [-0.2, -0.15) is 0 Å². The van der Waals surface area contributed by atoms with E-state index in [0.29, 0.717) is 0 Å². The molecule has 1 heterocycles. The maximum absolute atomic E-state index is 12.3. The largest absolute Gasteiger partial charge is 0.305 e. The average Bonchev–Trinajstić information content (AvgIpc) is 2.94. The van der Waals surface area contributed by atoms with Crippen LogP contribution in [0.15, 0.2) is 0 Å². The molecule has 1 aliphatic heterocycles. The van der Waals surface area contributed by atoms with Crippen molar-refractivity contribution in [2.24, 2.45) is 0 Å². The molecule has 1 unspecified atom stereocenters. The van der Waals surface area contributed by atoms with E-state index in [1.54, 1.807) is 0 Å². The van der Waals surface area contributed by atoms with E-state index in [4.69, 9.17) is 0 Å². The molecule has 0 amide bonds. The Morgan fingerprint density at radius 2 is 1.71 bits per heavy atom. The summed E-state index contributed by atoms with van der Waals surface area (Å²) < 4.78 is 24.1. The zero-order valence-electron chi connectivity index (χ0n) is 8.78. The van der Waals surface area contributed by atoms with Crippen LogP contribution in [0.25, 0.3) is 0 Å². The lowest BCUT2D eigenvalue weighted by atomic mass is 10.0. The van der Waals surface area contributed by atoms with Gasteiger partial charge in [-0.15, -0.1) is 0 Å². The minimum atomic E-state index is -2.82. The van der Waals surface area contributed by atoms with Gasteiger partial charge in [-0.1, -0.05) is 0 Å². The summed E-state index contributed by atoms with van der Waals surface area (Å²) in [6, 6.07) is 0.287. The Morgan fingerprint density at radius 3 is 2.00 bits per heavy atom. The molecule has 1 saturated heterocycles.